The van der Waals surface area contributed by atoms with E-state index in [1.807, 2.05) is 0 Å². The van der Waals surface area contributed by atoms with Crippen molar-refractivity contribution >= 4 is 23.9 Å². The Balaban J connectivity index is 2.77. The van der Waals surface area contributed by atoms with Crippen LogP contribution in [-0.4, -0.2) is 66.4 Å². The van der Waals surface area contributed by atoms with Crippen molar-refractivity contribution in [2.24, 2.45) is 5.10 Å². The van der Waals surface area contributed by atoms with Crippen LogP contribution in [0.2, 0.25) is 0 Å². The number of carbonyl (C=O) groups excluding carboxylic acids is 3. The highest BCUT2D eigenvalue weighted by Gasteiger charge is 2.60. The molecule has 34 heavy (non-hydrogen) atoms. The Labute approximate surface area is 199 Å². The molecule has 188 valence electrons. The van der Waals surface area contributed by atoms with Gasteiger partial charge in [-0.3, -0.25) is 9.63 Å². The summed E-state index contributed by atoms with van der Waals surface area (Å²) in [5.74, 6) is 0.0224. The van der Waals surface area contributed by atoms with E-state index in [1.165, 1.54) is 34.3 Å². The maximum Gasteiger partial charge on any atom is 0.534 e. The Morgan fingerprint density at radius 1 is 0.971 bits per heavy atom. The molecule has 1 aliphatic heterocycles. The molecule has 0 saturated carbocycles. The van der Waals surface area contributed by atoms with Gasteiger partial charge in [0.2, 0.25) is 5.54 Å². The predicted octanol–water partition coefficient (Wildman–Crippen LogP) is 3.85. The minimum atomic E-state index is -1.99. The molecule has 11 heteroatoms. The van der Waals surface area contributed by atoms with Gasteiger partial charge >= 0.3 is 12.2 Å². The van der Waals surface area contributed by atoms with Crippen LogP contribution >= 0.6 is 0 Å². The van der Waals surface area contributed by atoms with Crippen molar-refractivity contribution in [1.82, 2.24) is 10.1 Å². The summed E-state index contributed by atoms with van der Waals surface area (Å²) in [6, 6.07) is 4.62. The first-order chi connectivity index (χ1) is 15.6. The van der Waals surface area contributed by atoms with E-state index in [4.69, 9.17) is 23.8 Å². The minimum absolute atomic E-state index is 0.154. The summed E-state index contributed by atoms with van der Waals surface area (Å²) >= 11 is 0. The molecule has 0 radical (unpaired) electrons. The molecule has 1 aromatic carbocycles. The average Bonchev–Trinajstić information content (AvgIpc) is 2.92. The first-order valence-corrected chi connectivity index (χ1v) is 10.6. The number of rotatable bonds is 4. The van der Waals surface area contributed by atoms with Gasteiger partial charge in [0, 0.05) is 12.6 Å². The van der Waals surface area contributed by atoms with E-state index < -0.39 is 34.9 Å². The Morgan fingerprint density at radius 3 is 1.97 bits per heavy atom. The van der Waals surface area contributed by atoms with Crippen LogP contribution in [0.1, 0.15) is 54.0 Å². The summed E-state index contributed by atoms with van der Waals surface area (Å²) in [5, 5.41) is 5.85. The third-order valence-corrected chi connectivity index (χ3v) is 4.65. The fourth-order valence-corrected chi connectivity index (χ4v) is 3.37. The number of hydrogen-bond acceptors (Lipinski definition) is 9. The highest BCUT2D eigenvalue weighted by atomic mass is 16.8. The Bertz CT molecular complexity index is 993. The number of amides is 2. The number of hydroxylamine groups is 2. The number of methoxy groups -OCH3 is 2. The van der Waals surface area contributed by atoms with Crippen LogP contribution in [0.25, 0.3) is 0 Å². The average molecular weight is 480 g/mol. The molecule has 0 aromatic heterocycles. The van der Waals surface area contributed by atoms with Gasteiger partial charge in [0.25, 0.3) is 5.91 Å². The third-order valence-electron chi connectivity index (χ3n) is 4.65. The maximum atomic E-state index is 13.6. The molecule has 2 amide bonds. The quantitative estimate of drug-likeness (QED) is 0.472. The second-order valence-electron chi connectivity index (χ2n) is 9.62. The molecule has 11 nitrogen and oxygen atoms in total. The van der Waals surface area contributed by atoms with E-state index in [0.717, 1.165) is 5.01 Å². The number of carbonyl (C=O) groups is 3. The summed E-state index contributed by atoms with van der Waals surface area (Å²) in [6.45, 7) is 11.4. The van der Waals surface area contributed by atoms with Gasteiger partial charge in [0.15, 0.2) is 11.5 Å². The van der Waals surface area contributed by atoms with Crippen LogP contribution in [0, 0.1) is 0 Å². The second-order valence-corrected chi connectivity index (χ2v) is 9.62. The highest BCUT2D eigenvalue weighted by molar-refractivity contribution is 6.17. The molecule has 1 heterocycles. The predicted molar refractivity (Wildman–Crippen MR) is 122 cm³/mol. The Morgan fingerprint density at radius 2 is 1.53 bits per heavy atom. The van der Waals surface area contributed by atoms with E-state index in [9.17, 15) is 14.4 Å². The molecule has 0 fully saturated rings. The SMILES string of the molecule is COc1ccc(C2(N(OC(=O)OC(C)(C)C)C(=O)OC(C)(C)C)C(=O)N(C)N=C2C)cc1OC. The molecule has 1 unspecified atom stereocenters. The zero-order valence-electron chi connectivity index (χ0n) is 21.3. The number of benzene rings is 1. The molecule has 1 aromatic rings. The second kappa shape index (κ2) is 9.40. The standard InChI is InChI=1S/C23H33N3O8/c1-14-23(18(27)25(8)24-14,15-11-12-16(30-9)17(13-15)31-10)26(19(28)32-21(2,3)4)34-20(29)33-22(5,6)7/h11-13H,1-10H3. The van der Waals surface area contributed by atoms with E-state index in [0.29, 0.717) is 10.8 Å². The molecular weight excluding hydrogens is 446 g/mol. The number of hydrazone groups is 1. The maximum absolute atomic E-state index is 13.6. The summed E-state index contributed by atoms with van der Waals surface area (Å²) in [5.41, 5.74) is -3.50. The lowest BCUT2D eigenvalue weighted by molar-refractivity contribution is -0.181. The first kappa shape index (κ1) is 26.7. The summed E-state index contributed by atoms with van der Waals surface area (Å²) in [4.78, 5) is 45.1. The number of nitrogens with zero attached hydrogens (tertiary/aromatic N) is 3. The van der Waals surface area contributed by atoms with Crippen molar-refractivity contribution in [1.29, 1.82) is 0 Å². The van der Waals surface area contributed by atoms with E-state index in [1.54, 1.807) is 53.7 Å². The largest absolute Gasteiger partial charge is 0.534 e. The Kier molecular flexibility index (Phi) is 7.39. The number of ether oxygens (including phenoxy) is 4. The molecule has 0 N–H and O–H groups in total. The molecular formula is C23H33N3O8. The highest BCUT2D eigenvalue weighted by Crippen LogP contribution is 2.41. The zero-order valence-corrected chi connectivity index (χ0v) is 21.3. The van der Waals surface area contributed by atoms with E-state index >= 15 is 0 Å². The summed E-state index contributed by atoms with van der Waals surface area (Å²) < 4.78 is 21.4. The molecule has 2 rings (SSSR count). The van der Waals surface area contributed by atoms with Crippen LogP contribution in [0.15, 0.2) is 23.3 Å². The topological polar surface area (TPSA) is 116 Å². The van der Waals surface area contributed by atoms with Gasteiger partial charge in [-0.25, -0.2) is 14.6 Å². The molecule has 0 spiro atoms. The van der Waals surface area contributed by atoms with Crippen LogP contribution in [0.4, 0.5) is 9.59 Å². The zero-order chi connectivity index (χ0) is 26.1. The third kappa shape index (κ3) is 5.35. The van der Waals surface area contributed by atoms with Crippen LogP contribution in [0.3, 0.4) is 0 Å². The van der Waals surface area contributed by atoms with Crippen molar-refractivity contribution in [2.75, 3.05) is 21.3 Å². The van der Waals surface area contributed by atoms with Crippen molar-refractivity contribution in [3.63, 3.8) is 0 Å². The van der Waals surface area contributed by atoms with Gasteiger partial charge in [-0.1, -0.05) is 6.07 Å². The van der Waals surface area contributed by atoms with Gasteiger partial charge in [-0.05, 0) is 60.6 Å². The van der Waals surface area contributed by atoms with Crippen molar-refractivity contribution in [2.45, 2.75) is 65.2 Å². The van der Waals surface area contributed by atoms with Gasteiger partial charge < -0.3 is 18.9 Å². The van der Waals surface area contributed by atoms with Crippen molar-refractivity contribution < 1.29 is 38.2 Å². The van der Waals surface area contributed by atoms with Crippen molar-refractivity contribution in [3.05, 3.63) is 23.8 Å². The van der Waals surface area contributed by atoms with Gasteiger partial charge in [-0.15, -0.1) is 5.06 Å². The first-order valence-electron chi connectivity index (χ1n) is 10.6. The lowest BCUT2D eigenvalue weighted by Gasteiger charge is -2.38. The monoisotopic (exact) mass is 479 g/mol. The lowest BCUT2D eigenvalue weighted by atomic mass is 9.84. The van der Waals surface area contributed by atoms with E-state index in [2.05, 4.69) is 5.10 Å². The number of hydrogen-bond donors (Lipinski definition) is 0. The van der Waals surface area contributed by atoms with Gasteiger partial charge in [0.1, 0.15) is 11.2 Å². The van der Waals surface area contributed by atoms with Gasteiger partial charge in [-0.2, -0.15) is 5.10 Å². The fraction of sp³-hybridized carbons (Fsp3) is 0.565. The smallest absolute Gasteiger partial charge is 0.493 e. The van der Waals surface area contributed by atoms with Gasteiger partial charge in [0.05, 0.1) is 19.9 Å². The molecule has 0 aliphatic carbocycles. The van der Waals surface area contributed by atoms with E-state index in [-0.39, 0.29) is 17.0 Å². The normalized spacial score (nSPS) is 18.2. The molecule has 0 bridgehead atoms. The van der Waals surface area contributed by atoms with Crippen molar-refractivity contribution in [3.8, 4) is 11.5 Å². The molecule has 1 aliphatic rings. The lowest BCUT2D eigenvalue weighted by Crippen LogP contribution is -2.59. The van der Waals surface area contributed by atoms with Crippen LogP contribution in [0.5, 0.6) is 11.5 Å². The summed E-state index contributed by atoms with van der Waals surface area (Å²) in [7, 11) is 4.32. The summed E-state index contributed by atoms with van der Waals surface area (Å²) in [6.07, 6.45) is -2.29. The fourth-order valence-electron chi connectivity index (χ4n) is 3.37. The van der Waals surface area contributed by atoms with Crippen LogP contribution in [-0.2, 0) is 24.6 Å². The molecule has 1 atom stereocenters. The minimum Gasteiger partial charge on any atom is -0.493 e. The number of likely N-dealkylation sites (N-methyl/N-ethyl adjacent to an activating group) is 1. The molecule has 0 saturated heterocycles. The van der Waals surface area contributed by atoms with Crippen LogP contribution < -0.4 is 9.47 Å². The Hall–Kier alpha value is -3.50.